The zero-order valence-electron chi connectivity index (χ0n) is 9.75. The third-order valence-electron chi connectivity index (χ3n) is 2.58. The second kappa shape index (κ2) is 5.68. The van der Waals surface area contributed by atoms with Crippen LogP contribution in [0, 0.1) is 23.0 Å². The van der Waals surface area contributed by atoms with E-state index >= 15 is 0 Å². The fraction of sp³-hybridized carbons (Fsp3) is 0.0714. The van der Waals surface area contributed by atoms with Crippen molar-refractivity contribution >= 4 is 17.3 Å². The van der Waals surface area contributed by atoms with E-state index < -0.39 is 11.6 Å². The van der Waals surface area contributed by atoms with E-state index in [0.29, 0.717) is 21.8 Å². The molecule has 0 spiro atoms. The maximum Gasteiger partial charge on any atom is 0.131 e. The van der Waals surface area contributed by atoms with Crippen LogP contribution >= 0.6 is 11.6 Å². The molecule has 2 aromatic rings. The van der Waals surface area contributed by atoms with Crippen LogP contribution in [0.2, 0.25) is 5.02 Å². The molecule has 2 rings (SSSR count). The predicted octanol–water partition coefficient (Wildman–Crippen LogP) is 4.10. The van der Waals surface area contributed by atoms with Crippen molar-refractivity contribution in [2.45, 2.75) is 6.54 Å². The Labute approximate surface area is 114 Å². The number of nitriles is 1. The normalized spacial score (nSPS) is 10.0. The molecule has 0 radical (unpaired) electrons. The number of nitrogens with one attached hydrogen (secondary N) is 1. The van der Waals surface area contributed by atoms with Gasteiger partial charge in [-0.2, -0.15) is 5.26 Å². The van der Waals surface area contributed by atoms with Crippen LogP contribution in [0.15, 0.2) is 36.4 Å². The number of rotatable bonds is 3. The maximum absolute atomic E-state index is 13.4. The second-order valence-corrected chi connectivity index (χ2v) is 4.30. The zero-order valence-corrected chi connectivity index (χ0v) is 10.5. The van der Waals surface area contributed by atoms with Crippen molar-refractivity contribution in [3.05, 3.63) is 64.2 Å². The molecule has 0 fully saturated rings. The Morgan fingerprint density at radius 2 is 1.95 bits per heavy atom. The van der Waals surface area contributed by atoms with Gasteiger partial charge in [-0.3, -0.25) is 0 Å². The minimum Gasteiger partial charge on any atom is -0.380 e. The van der Waals surface area contributed by atoms with Crippen molar-refractivity contribution in [3.8, 4) is 6.07 Å². The molecule has 0 aromatic heterocycles. The van der Waals surface area contributed by atoms with Crippen molar-refractivity contribution in [1.82, 2.24) is 0 Å². The quantitative estimate of drug-likeness (QED) is 0.917. The van der Waals surface area contributed by atoms with Crippen molar-refractivity contribution in [1.29, 1.82) is 5.26 Å². The third kappa shape index (κ3) is 3.21. The molecule has 0 aliphatic carbocycles. The van der Waals surface area contributed by atoms with E-state index in [9.17, 15) is 8.78 Å². The van der Waals surface area contributed by atoms with Gasteiger partial charge in [-0.15, -0.1) is 0 Å². The monoisotopic (exact) mass is 278 g/mol. The predicted molar refractivity (Wildman–Crippen MR) is 69.9 cm³/mol. The van der Waals surface area contributed by atoms with Gasteiger partial charge in [0.05, 0.1) is 22.3 Å². The fourth-order valence-corrected chi connectivity index (χ4v) is 1.77. The van der Waals surface area contributed by atoms with Crippen LogP contribution in [0.25, 0.3) is 0 Å². The molecule has 1 N–H and O–H groups in total. The minimum absolute atomic E-state index is 0.153. The Hall–Kier alpha value is -2.12. The highest BCUT2D eigenvalue weighted by molar-refractivity contribution is 6.33. The van der Waals surface area contributed by atoms with E-state index in [0.717, 1.165) is 6.07 Å². The first-order chi connectivity index (χ1) is 9.10. The van der Waals surface area contributed by atoms with Gasteiger partial charge < -0.3 is 5.32 Å². The summed E-state index contributed by atoms with van der Waals surface area (Å²) in [4.78, 5) is 0. The Kier molecular flexibility index (Phi) is 3.98. The Balaban J connectivity index is 2.16. The molecule has 0 bridgehead atoms. The summed E-state index contributed by atoms with van der Waals surface area (Å²) in [6.45, 7) is 0.153. The van der Waals surface area contributed by atoms with Gasteiger partial charge in [-0.1, -0.05) is 17.7 Å². The van der Waals surface area contributed by atoms with Crippen LogP contribution in [-0.2, 0) is 6.54 Å². The lowest BCUT2D eigenvalue weighted by atomic mass is 10.2. The third-order valence-corrected chi connectivity index (χ3v) is 2.91. The van der Waals surface area contributed by atoms with Crippen molar-refractivity contribution in [3.63, 3.8) is 0 Å². The van der Waals surface area contributed by atoms with Gasteiger partial charge in [-0.25, -0.2) is 8.78 Å². The molecule has 0 aliphatic rings. The molecule has 19 heavy (non-hydrogen) atoms. The molecule has 0 heterocycles. The number of anilines is 1. The molecule has 0 amide bonds. The molecule has 0 unspecified atom stereocenters. The molecule has 2 aromatic carbocycles. The molecule has 0 saturated carbocycles. The Morgan fingerprint density at radius 1 is 1.16 bits per heavy atom. The first-order valence-electron chi connectivity index (χ1n) is 5.47. The highest BCUT2D eigenvalue weighted by Crippen LogP contribution is 2.23. The topological polar surface area (TPSA) is 35.8 Å². The SMILES string of the molecule is N#Cc1ccc(Cl)c(NCc2ccc(F)cc2F)c1. The first-order valence-corrected chi connectivity index (χ1v) is 5.85. The average Bonchev–Trinajstić information content (AvgIpc) is 2.39. The second-order valence-electron chi connectivity index (χ2n) is 3.90. The number of hydrogen-bond donors (Lipinski definition) is 1. The van der Waals surface area contributed by atoms with E-state index in [4.69, 9.17) is 16.9 Å². The van der Waals surface area contributed by atoms with Crippen molar-refractivity contribution in [2.75, 3.05) is 5.32 Å². The summed E-state index contributed by atoms with van der Waals surface area (Å²) in [5.41, 5.74) is 1.30. The fourth-order valence-electron chi connectivity index (χ4n) is 1.59. The van der Waals surface area contributed by atoms with Gasteiger partial charge in [0.1, 0.15) is 11.6 Å². The number of hydrogen-bond acceptors (Lipinski definition) is 2. The van der Waals surface area contributed by atoms with Crippen LogP contribution in [0.4, 0.5) is 14.5 Å². The summed E-state index contributed by atoms with van der Waals surface area (Å²) in [7, 11) is 0. The maximum atomic E-state index is 13.4. The van der Waals surface area contributed by atoms with Gasteiger partial charge >= 0.3 is 0 Å². The lowest BCUT2D eigenvalue weighted by molar-refractivity contribution is 0.574. The van der Waals surface area contributed by atoms with E-state index in [2.05, 4.69) is 5.32 Å². The van der Waals surface area contributed by atoms with Crippen LogP contribution < -0.4 is 5.32 Å². The largest absolute Gasteiger partial charge is 0.380 e. The molecule has 2 nitrogen and oxygen atoms in total. The van der Waals surface area contributed by atoms with Crippen LogP contribution in [0.1, 0.15) is 11.1 Å². The summed E-state index contributed by atoms with van der Waals surface area (Å²) in [6.07, 6.45) is 0. The van der Waals surface area contributed by atoms with Gasteiger partial charge in [-0.05, 0) is 24.3 Å². The van der Waals surface area contributed by atoms with Gasteiger partial charge in [0.25, 0.3) is 0 Å². The van der Waals surface area contributed by atoms with E-state index in [1.165, 1.54) is 12.1 Å². The number of halogens is 3. The average molecular weight is 279 g/mol. The Bertz CT molecular complexity index is 650. The standard InChI is InChI=1S/C14H9ClF2N2/c15-12-4-1-9(7-18)5-14(12)19-8-10-2-3-11(16)6-13(10)17/h1-6,19H,8H2. The molecule has 96 valence electrons. The molecule has 5 heteroatoms. The smallest absolute Gasteiger partial charge is 0.131 e. The van der Waals surface area contributed by atoms with Gasteiger partial charge in [0.2, 0.25) is 0 Å². The van der Waals surface area contributed by atoms with Gasteiger partial charge in [0.15, 0.2) is 0 Å². The highest BCUT2D eigenvalue weighted by Gasteiger charge is 2.06. The molecular weight excluding hydrogens is 270 g/mol. The Morgan fingerprint density at radius 3 is 2.63 bits per heavy atom. The number of nitrogens with zero attached hydrogens (tertiary/aromatic N) is 1. The van der Waals surface area contributed by atoms with Crippen molar-refractivity contribution in [2.24, 2.45) is 0 Å². The zero-order chi connectivity index (χ0) is 13.8. The minimum atomic E-state index is -0.625. The van der Waals surface area contributed by atoms with Crippen LogP contribution in [0.3, 0.4) is 0 Å². The molecule has 0 atom stereocenters. The highest BCUT2D eigenvalue weighted by atomic mass is 35.5. The van der Waals surface area contributed by atoms with E-state index in [1.54, 1.807) is 18.2 Å². The lowest BCUT2D eigenvalue weighted by Gasteiger charge is -2.09. The number of benzene rings is 2. The van der Waals surface area contributed by atoms with E-state index in [-0.39, 0.29) is 6.54 Å². The van der Waals surface area contributed by atoms with Crippen LogP contribution in [0.5, 0.6) is 0 Å². The van der Waals surface area contributed by atoms with Gasteiger partial charge in [0, 0.05) is 18.2 Å². The molecule has 0 saturated heterocycles. The van der Waals surface area contributed by atoms with Crippen LogP contribution in [-0.4, -0.2) is 0 Å². The summed E-state index contributed by atoms with van der Waals surface area (Å²) in [6, 6.07) is 10.1. The summed E-state index contributed by atoms with van der Waals surface area (Å²) in [5, 5.41) is 12.1. The lowest BCUT2D eigenvalue weighted by Crippen LogP contribution is -2.03. The van der Waals surface area contributed by atoms with Crippen molar-refractivity contribution < 1.29 is 8.78 Å². The van der Waals surface area contributed by atoms with E-state index in [1.807, 2.05) is 6.07 Å². The summed E-state index contributed by atoms with van der Waals surface area (Å²) >= 11 is 5.96. The molecule has 0 aliphatic heterocycles. The summed E-state index contributed by atoms with van der Waals surface area (Å²) in [5.74, 6) is -1.24. The summed E-state index contributed by atoms with van der Waals surface area (Å²) < 4.78 is 26.2. The molecular formula is C14H9ClF2N2. The first kappa shape index (κ1) is 13.3.